The smallest absolute Gasteiger partial charge is 0.251 e. The van der Waals surface area contributed by atoms with E-state index in [-0.39, 0.29) is 18.6 Å². The number of methoxy groups -OCH3 is 1. The summed E-state index contributed by atoms with van der Waals surface area (Å²) in [5, 5.41) is 10.6. The van der Waals surface area contributed by atoms with Gasteiger partial charge in [-0.05, 0) is 25.0 Å². The third-order valence-electron chi connectivity index (χ3n) is 3.64. The molecule has 1 aliphatic rings. The van der Waals surface area contributed by atoms with Gasteiger partial charge in [0.05, 0.1) is 31.7 Å². The van der Waals surface area contributed by atoms with E-state index < -0.39 is 0 Å². The van der Waals surface area contributed by atoms with Crippen molar-refractivity contribution in [3.8, 4) is 11.4 Å². The molecule has 1 unspecified atom stereocenters. The average Bonchev–Trinajstić information content (AvgIpc) is 3.27. The fourth-order valence-electron chi connectivity index (χ4n) is 2.44. The number of carbonyl (C=O) groups excluding carboxylic acids is 1. The number of ether oxygens (including phenoxy) is 3. The molecule has 2 aromatic rings. The predicted octanol–water partition coefficient (Wildman–Crippen LogP) is 1.41. The lowest BCUT2D eigenvalue weighted by molar-refractivity contribution is -0.121. The molecule has 2 heterocycles. The number of carbonyl (C=O) groups is 1. The van der Waals surface area contributed by atoms with Gasteiger partial charge >= 0.3 is 0 Å². The number of amides is 1. The quantitative estimate of drug-likeness (QED) is 0.825. The van der Waals surface area contributed by atoms with Gasteiger partial charge in [-0.25, -0.2) is 4.68 Å². The Morgan fingerprint density at radius 3 is 3.21 bits per heavy atom. The van der Waals surface area contributed by atoms with Gasteiger partial charge in [-0.15, -0.1) is 5.10 Å². The summed E-state index contributed by atoms with van der Waals surface area (Å²) >= 11 is 0. The number of rotatable bonds is 7. The fourth-order valence-corrected chi connectivity index (χ4v) is 2.44. The third-order valence-corrected chi connectivity index (χ3v) is 3.64. The topological polar surface area (TPSA) is 87.5 Å². The van der Waals surface area contributed by atoms with Crippen LogP contribution >= 0.6 is 0 Å². The highest BCUT2D eigenvalue weighted by atomic mass is 16.5. The number of hydrogen-bond acceptors (Lipinski definition) is 6. The average molecular weight is 332 g/mol. The molecular weight excluding hydrogens is 312 g/mol. The highest BCUT2D eigenvalue weighted by Gasteiger charge is 2.16. The summed E-state index contributed by atoms with van der Waals surface area (Å²) in [4.78, 5) is 11.9. The van der Waals surface area contributed by atoms with E-state index in [1.165, 1.54) is 0 Å². The lowest BCUT2D eigenvalue weighted by Gasteiger charge is -2.09. The Balaban J connectivity index is 1.50. The molecule has 0 aliphatic carbocycles. The van der Waals surface area contributed by atoms with Gasteiger partial charge in [0, 0.05) is 12.7 Å². The highest BCUT2D eigenvalue weighted by molar-refractivity contribution is 5.90. The first kappa shape index (κ1) is 16.4. The van der Waals surface area contributed by atoms with Crippen molar-refractivity contribution in [3.05, 3.63) is 30.5 Å². The number of anilines is 1. The van der Waals surface area contributed by atoms with E-state index in [1.54, 1.807) is 18.0 Å². The summed E-state index contributed by atoms with van der Waals surface area (Å²) in [5.41, 5.74) is 0.789. The Morgan fingerprint density at radius 2 is 2.42 bits per heavy atom. The molecule has 8 heteroatoms. The molecule has 0 saturated carbocycles. The van der Waals surface area contributed by atoms with E-state index in [0.717, 1.165) is 30.9 Å². The second-order valence-corrected chi connectivity index (χ2v) is 5.45. The van der Waals surface area contributed by atoms with E-state index in [9.17, 15) is 4.79 Å². The Labute approximate surface area is 139 Å². The molecule has 1 aromatic heterocycles. The molecule has 1 saturated heterocycles. The van der Waals surface area contributed by atoms with Crippen molar-refractivity contribution in [2.75, 3.05) is 32.2 Å². The first-order chi connectivity index (χ1) is 11.7. The molecular formula is C16H20N4O4. The predicted molar refractivity (Wildman–Crippen MR) is 86.3 cm³/mol. The zero-order valence-electron chi connectivity index (χ0n) is 13.5. The number of hydrogen-bond donors (Lipinski definition) is 1. The molecule has 3 rings (SSSR count). The number of nitrogens with one attached hydrogen (secondary N) is 1. The van der Waals surface area contributed by atoms with Crippen LogP contribution in [0.5, 0.6) is 5.75 Å². The van der Waals surface area contributed by atoms with Crippen LogP contribution in [0, 0.1) is 0 Å². The molecule has 1 atom stereocenters. The van der Waals surface area contributed by atoms with Crippen LogP contribution in [0.2, 0.25) is 0 Å². The maximum absolute atomic E-state index is 11.9. The van der Waals surface area contributed by atoms with Gasteiger partial charge in [0.1, 0.15) is 12.4 Å². The summed E-state index contributed by atoms with van der Waals surface area (Å²) in [5.74, 6) is 0.811. The van der Waals surface area contributed by atoms with Crippen LogP contribution in [0.25, 0.3) is 5.69 Å². The van der Waals surface area contributed by atoms with E-state index >= 15 is 0 Å². The lowest BCUT2D eigenvalue weighted by atomic mass is 10.2. The van der Waals surface area contributed by atoms with Crippen LogP contribution in [0.1, 0.15) is 12.8 Å². The summed E-state index contributed by atoms with van der Waals surface area (Å²) < 4.78 is 17.5. The SMILES string of the molecule is COc1cccc(-n2cc(NC(=O)COCC3CCCO3)nn2)c1. The fraction of sp³-hybridized carbons (Fsp3) is 0.438. The molecule has 1 fully saturated rings. The summed E-state index contributed by atoms with van der Waals surface area (Å²) in [6, 6.07) is 7.39. The minimum atomic E-state index is -0.273. The summed E-state index contributed by atoms with van der Waals surface area (Å²) in [6.07, 6.45) is 3.77. The minimum Gasteiger partial charge on any atom is -0.497 e. The molecule has 0 radical (unpaired) electrons. The van der Waals surface area contributed by atoms with Crippen molar-refractivity contribution in [2.24, 2.45) is 0 Å². The van der Waals surface area contributed by atoms with Crippen LogP contribution in [-0.4, -0.2) is 53.9 Å². The van der Waals surface area contributed by atoms with Crippen molar-refractivity contribution >= 4 is 11.7 Å². The standard InChI is InChI=1S/C16H20N4O4/c1-22-13-5-2-4-12(8-13)20-9-15(18-19-20)17-16(21)11-23-10-14-6-3-7-24-14/h2,4-5,8-9,14H,3,6-7,10-11H2,1H3,(H,17,21). The normalized spacial score (nSPS) is 17.0. The van der Waals surface area contributed by atoms with Crippen molar-refractivity contribution < 1.29 is 19.0 Å². The highest BCUT2D eigenvalue weighted by Crippen LogP contribution is 2.16. The van der Waals surface area contributed by atoms with E-state index in [2.05, 4.69) is 15.6 Å². The Morgan fingerprint density at radius 1 is 1.50 bits per heavy atom. The van der Waals surface area contributed by atoms with Crippen molar-refractivity contribution in [1.82, 2.24) is 15.0 Å². The van der Waals surface area contributed by atoms with Gasteiger partial charge in [-0.3, -0.25) is 4.79 Å². The number of benzene rings is 1. The molecule has 0 spiro atoms. The van der Waals surface area contributed by atoms with Gasteiger partial charge < -0.3 is 19.5 Å². The first-order valence-corrected chi connectivity index (χ1v) is 7.80. The number of nitrogens with zero attached hydrogens (tertiary/aromatic N) is 3. The first-order valence-electron chi connectivity index (χ1n) is 7.80. The zero-order chi connectivity index (χ0) is 16.8. The van der Waals surface area contributed by atoms with E-state index in [1.807, 2.05) is 24.3 Å². The molecule has 24 heavy (non-hydrogen) atoms. The molecule has 0 bridgehead atoms. The van der Waals surface area contributed by atoms with Crippen LogP contribution in [0.3, 0.4) is 0 Å². The molecule has 1 aliphatic heterocycles. The summed E-state index contributed by atoms with van der Waals surface area (Å²) in [6.45, 7) is 1.17. The summed E-state index contributed by atoms with van der Waals surface area (Å²) in [7, 11) is 1.60. The largest absolute Gasteiger partial charge is 0.497 e. The Hall–Kier alpha value is -2.45. The number of aromatic nitrogens is 3. The third kappa shape index (κ3) is 4.30. The van der Waals surface area contributed by atoms with Crippen molar-refractivity contribution in [1.29, 1.82) is 0 Å². The maximum Gasteiger partial charge on any atom is 0.251 e. The van der Waals surface area contributed by atoms with Crippen LogP contribution in [0.15, 0.2) is 30.5 Å². The van der Waals surface area contributed by atoms with Gasteiger partial charge in [-0.1, -0.05) is 11.3 Å². The van der Waals surface area contributed by atoms with Gasteiger partial charge in [0.25, 0.3) is 5.91 Å². The second-order valence-electron chi connectivity index (χ2n) is 5.45. The van der Waals surface area contributed by atoms with Gasteiger partial charge in [-0.2, -0.15) is 0 Å². The van der Waals surface area contributed by atoms with Gasteiger partial charge in [0.15, 0.2) is 5.82 Å². The van der Waals surface area contributed by atoms with Crippen molar-refractivity contribution in [3.63, 3.8) is 0 Å². The van der Waals surface area contributed by atoms with E-state index in [0.29, 0.717) is 12.4 Å². The lowest BCUT2D eigenvalue weighted by Crippen LogP contribution is -2.22. The molecule has 1 N–H and O–H groups in total. The van der Waals surface area contributed by atoms with E-state index in [4.69, 9.17) is 14.2 Å². The van der Waals surface area contributed by atoms with Crippen LogP contribution in [-0.2, 0) is 14.3 Å². The van der Waals surface area contributed by atoms with Crippen LogP contribution < -0.4 is 10.1 Å². The second kappa shape index (κ2) is 7.89. The Bertz CT molecular complexity index is 682. The monoisotopic (exact) mass is 332 g/mol. The van der Waals surface area contributed by atoms with Gasteiger partial charge in [0.2, 0.25) is 0 Å². The Kier molecular flexibility index (Phi) is 5.39. The molecule has 1 aromatic carbocycles. The maximum atomic E-state index is 11.9. The zero-order valence-corrected chi connectivity index (χ0v) is 13.5. The minimum absolute atomic E-state index is 0.0358. The molecule has 128 valence electrons. The van der Waals surface area contributed by atoms with Crippen LogP contribution in [0.4, 0.5) is 5.82 Å². The van der Waals surface area contributed by atoms with Crippen molar-refractivity contribution in [2.45, 2.75) is 18.9 Å². The molecule has 1 amide bonds. The molecule has 8 nitrogen and oxygen atoms in total.